The third-order valence-electron chi connectivity index (χ3n) is 3.79. The zero-order valence-electron chi connectivity index (χ0n) is 12.4. The number of unbranched alkanes of at least 4 members (excludes halogenated alkanes) is 6. The standard InChI is InChI=1S/C18H28O/c1-2-3-4-5-6-7-8-9-10-11-14-17-15-12-13-16-18(17)19/h17-19H,2-8,12-13,15-16H2,1H3. The number of hydrogen-bond acceptors (Lipinski definition) is 1. The highest BCUT2D eigenvalue weighted by Crippen LogP contribution is 2.23. The van der Waals surface area contributed by atoms with E-state index in [2.05, 4.69) is 30.6 Å². The average Bonchev–Trinajstić information content (AvgIpc) is 2.43. The van der Waals surface area contributed by atoms with Gasteiger partial charge in [0.1, 0.15) is 0 Å². The smallest absolute Gasteiger partial charge is 0.0677 e. The maximum Gasteiger partial charge on any atom is 0.0677 e. The van der Waals surface area contributed by atoms with Crippen LogP contribution in [0.3, 0.4) is 0 Å². The van der Waals surface area contributed by atoms with E-state index < -0.39 is 0 Å². The van der Waals surface area contributed by atoms with E-state index in [1.165, 1.54) is 44.9 Å². The molecule has 1 nitrogen and oxygen atoms in total. The molecule has 1 fully saturated rings. The highest BCUT2D eigenvalue weighted by atomic mass is 16.3. The Bertz CT molecular complexity index is 336. The first kappa shape index (κ1) is 16.1. The van der Waals surface area contributed by atoms with Crippen molar-refractivity contribution < 1.29 is 5.11 Å². The Labute approximate surface area is 119 Å². The molecule has 0 aromatic heterocycles. The van der Waals surface area contributed by atoms with Crippen molar-refractivity contribution in [1.82, 2.24) is 0 Å². The van der Waals surface area contributed by atoms with Gasteiger partial charge in [0, 0.05) is 12.3 Å². The van der Waals surface area contributed by atoms with Gasteiger partial charge in [0.25, 0.3) is 0 Å². The summed E-state index contributed by atoms with van der Waals surface area (Å²) in [7, 11) is 0. The number of aliphatic hydroxyl groups is 1. The Morgan fingerprint density at radius 3 is 2.47 bits per heavy atom. The SMILES string of the molecule is CCCCCCCCC#CC#CC1CCCCC1O. The third-order valence-corrected chi connectivity index (χ3v) is 3.79. The van der Waals surface area contributed by atoms with Gasteiger partial charge in [0.15, 0.2) is 0 Å². The topological polar surface area (TPSA) is 20.2 Å². The molecule has 1 N–H and O–H groups in total. The molecule has 0 aromatic rings. The van der Waals surface area contributed by atoms with Crippen molar-refractivity contribution in [3.8, 4) is 23.7 Å². The molecule has 2 atom stereocenters. The Balaban J connectivity index is 2.07. The van der Waals surface area contributed by atoms with Gasteiger partial charge in [-0.25, -0.2) is 0 Å². The van der Waals surface area contributed by atoms with Crippen LogP contribution in [0.4, 0.5) is 0 Å². The maximum absolute atomic E-state index is 9.76. The van der Waals surface area contributed by atoms with Crippen molar-refractivity contribution in [3.63, 3.8) is 0 Å². The summed E-state index contributed by atoms with van der Waals surface area (Å²) < 4.78 is 0. The van der Waals surface area contributed by atoms with Gasteiger partial charge >= 0.3 is 0 Å². The summed E-state index contributed by atoms with van der Waals surface area (Å²) in [5, 5.41) is 9.76. The van der Waals surface area contributed by atoms with Crippen LogP contribution in [0, 0.1) is 29.6 Å². The van der Waals surface area contributed by atoms with Crippen molar-refractivity contribution in [2.24, 2.45) is 5.92 Å². The second kappa shape index (κ2) is 11.0. The Hall–Kier alpha value is -0.920. The summed E-state index contributed by atoms with van der Waals surface area (Å²) in [6.07, 6.45) is 12.9. The lowest BCUT2D eigenvalue weighted by Crippen LogP contribution is -2.22. The monoisotopic (exact) mass is 260 g/mol. The molecule has 2 unspecified atom stereocenters. The third kappa shape index (κ3) is 7.97. The summed E-state index contributed by atoms with van der Waals surface area (Å²) in [4.78, 5) is 0. The minimum Gasteiger partial charge on any atom is -0.392 e. The molecule has 0 bridgehead atoms. The van der Waals surface area contributed by atoms with Gasteiger partial charge < -0.3 is 5.11 Å². The van der Waals surface area contributed by atoms with Crippen LogP contribution in [0.5, 0.6) is 0 Å². The normalized spacial score (nSPS) is 22.0. The Morgan fingerprint density at radius 1 is 0.947 bits per heavy atom. The first-order valence-electron chi connectivity index (χ1n) is 8.01. The zero-order chi connectivity index (χ0) is 13.8. The van der Waals surface area contributed by atoms with Crippen molar-refractivity contribution in [1.29, 1.82) is 0 Å². The Kier molecular flexibility index (Phi) is 9.30. The highest BCUT2D eigenvalue weighted by Gasteiger charge is 2.20. The molecular weight excluding hydrogens is 232 g/mol. The van der Waals surface area contributed by atoms with E-state index >= 15 is 0 Å². The molecular formula is C18H28O. The summed E-state index contributed by atoms with van der Waals surface area (Å²) in [6.45, 7) is 2.24. The van der Waals surface area contributed by atoms with E-state index in [9.17, 15) is 5.11 Å². The van der Waals surface area contributed by atoms with Crippen LogP contribution < -0.4 is 0 Å². The van der Waals surface area contributed by atoms with E-state index in [1.54, 1.807) is 0 Å². The van der Waals surface area contributed by atoms with Crippen molar-refractivity contribution >= 4 is 0 Å². The number of hydrogen-bond donors (Lipinski definition) is 1. The molecule has 1 aliphatic carbocycles. The van der Waals surface area contributed by atoms with Gasteiger partial charge in [-0.2, -0.15) is 0 Å². The lowest BCUT2D eigenvalue weighted by Gasteiger charge is -2.22. The average molecular weight is 260 g/mol. The van der Waals surface area contributed by atoms with Gasteiger partial charge in [-0.3, -0.25) is 0 Å². The Morgan fingerprint density at radius 2 is 1.68 bits per heavy atom. The predicted octanol–water partition coefficient (Wildman–Crippen LogP) is 4.29. The summed E-state index contributed by atoms with van der Waals surface area (Å²) >= 11 is 0. The fraction of sp³-hybridized carbons (Fsp3) is 0.778. The molecule has 0 amide bonds. The summed E-state index contributed by atoms with van der Waals surface area (Å²) in [6, 6.07) is 0. The van der Waals surface area contributed by atoms with Crippen LogP contribution >= 0.6 is 0 Å². The fourth-order valence-corrected chi connectivity index (χ4v) is 2.51. The molecule has 0 spiro atoms. The van der Waals surface area contributed by atoms with Crippen LogP contribution in [0.1, 0.15) is 77.6 Å². The highest BCUT2D eigenvalue weighted by molar-refractivity contribution is 5.27. The van der Waals surface area contributed by atoms with Crippen LogP contribution in [0.25, 0.3) is 0 Å². The summed E-state index contributed by atoms with van der Waals surface area (Å²) in [5.74, 6) is 12.3. The molecule has 1 rings (SSSR count). The van der Waals surface area contributed by atoms with Crippen LogP contribution in [-0.2, 0) is 0 Å². The van der Waals surface area contributed by atoms with E-state index in [1.807, 2.05) is 0 Å². The lowest BCUT2D eigenvalue weighted by molar-refractivity contribution is 0.0970. The van der Waals surface area contributed by atoms with Crippen molar-refractivity contribution in [2.75, 3.05) is 0 Å². The minimum atomic E-state index is -0.221. The zero-order valence-corrected chi connectivity index (χ0v) is 12.4. The molecule has 1 heteroatoms. The molecule has 106 valence electrons. The molecule has 0 aromatic carbocycles. The predicted molar refractivity (Wildman–Crippen MR) is 81.5 cm³/mol. The van der Waals surface area contributed by atoms with Crippen LogP contribution in [0.2, 0.25) is 0 Å². The van der Waals surface area contributed by atoms with E-state index in [4.69, 9.17) is 0 Å². The maximum atomic E-state index is 9.76. The van der Waals surface area contributed by atoms with Crippen molar-refractivity contribution in [2.45, 2.75) is 83.7 Å². The quantitative estimate of drug-likeness (QED) is 0.558. The van der Waals surface area contributed by atoms with Gasteiger partial charge in [-0.1, -0.05) is 63.7 Å². The number of aliphatic hydroxyl groups excluding tert-OH is 1. The van der Waals surface area contributed by atoms with E-state index in [0.29, 0.717) is 0 Å². The molecule has 1 aliphatic rings. The minimum absolute atomic E-state index is 0.164. The second-order valence-corrected chi connectivity index (χ2v) is 5.55. The van der Waals surface area contributed by atoms with Crippen LogP contribution in [-0.4, -0.2) is 11.2 Å². The van der Waals surface area contributed by atoms with Crippen LogP contribution in [0.15, 0.2) is 0 Å². The lowest BCUT2D eigenvalue weighted by atomic mass is 9.87. The van der Waals surface area contributed by atoms with E-state index in [-0.39, 0.29) is 12.0 Å². The number of rotatable bonds is 6. The largest absolute Gasteiger partial charge is 0.392 e. The molecule has 1 saturated carbocycles. The molecule has 19 heavy (non-hydrogen) atoms. The van der Waals surface area contributed by atoms with Gasteiger partial charge in [0.05, 0.1) is 6.10 Å². The van der Waals surface area contributed by atoms with Crippen molar-refractivity contribution in [3.05, 3.63) is 0 Å². The second-order valence-electron chi connectivity index (χ2n) is 5.55. The molecule has 0 saturated heterocycles. The summed E-state index contributed by atoms with van der Waals surface area (Å²) in [5.41, 5.74) is 0. The molecule has 0 aliphatic heterocycles. The first-order valence-corrected chi connectivity index (χ1v) is 8.01. The first-order chi connectivity index (χ1) is 9.34. The van der Waals surface area contributed by atoms with E-state index in [0.717, 1.165) is 25.7 Å². The van der Waals surface area contributed by atoms with Gasteiger partial charge in [0.2, 0.25) is 0 Å². The molecule has 0 radical (unpaired) electrons. The van der Waals surface area contributed by atoms with Gasteiger partial charge in [-0.05, 0) is 31.1 Å². The van der Waals surface area contributed by atoms with Gasteiger partial charge in [-0.15, -0.1) is 0 Å². The molecule has 0 heterocycles. The fourth-order valence-electron chi connectivity index (χ4n) is 2.51.